The van der Waals surface area contributed by atoms with Gasteiger partial charge in [0.2, 0.25) is 0 Å². The van der Waals surface area contributed by atoms with Crippen LogP contribution in [-0.2, 0) is 0 Å². The summed E-state index contributed by atoms with van der Waals surface area (Å²) in [4.78, 5) is 22.9. The van der Waals surface area contributed by atoms with E-state index in [2.05, 4.69) is 9.97 Å². The first-order chi connectivity index (χ1) is 16.1. The summed E-state index contributed by atoms with van der Waals surface area (Å²) in [7, 11) is 3.49. The molecule has 2 heterocycles. The Morgan fingerprint density at radius 1 is 0.848 bits per heavy atom. The van der Waals surface area contributed by atoms with Crippen molar-refractivity contribution in [1.82, 2.24) is 19.3 Å². The molecule has 0 saturated heterocycles. The fourth-order valence-corrected chi connectivity index (χ4v) is 3.67. The van der Waals surface area contributed by atoms with E-state index in [4.69, 9.17) is 4.74 Å². The lowest BCUT2D eigenvalue weighted by molar-refractivity contribution is 0.0827. The normalized spacial score (nSPS) is 10.8. The highest BCUT2D eigenvalue weighted by Crippen LogP contribution is 2.33. The maximum Gasteiger partial charge on any atom is 0.253 e. The number of amides is 1. The number of hydrogen-bond donors (Lipinski definition) is 0. The summed E-state index contributed by atoms with van der Waals surface area (Å²) in [6.07, 6.45) is 5.53. The molecule has 33 heavy (non-hydrogen) atoms. The van der Waals surface area contributed by atoms with Crippen molar-refractivity contribution >= 4 is 11.6 Å². The lowest BCUT2D eigenvalue weighted by atomic mass is 10.1. The molecule has 0 aliphatic carbocycles. The van der Waals surface area contributed by atoms with Crippen molar-refractivity contribution in [2.24, 2.45) is 0 Å². The average Bonchev–Trinajstić information content (AvgIpc) is 3.28. The molecule has 0 atom stereocenters. The molecule has 0 fully saturated rings. The molecule has 3 aromatic carbocycles. The largest absolute Gasteiger partial charge is 0.457 e. The highest BCUT2D eigenvalue weighted by molar-refractivity contribution is 5.94. The predicted octanol–water partition coefficient (Wildman–Crippen LogP) is 5.56. The number of carbonyl (C=O) groups excluding carboxylic acids is 1. The first kappa shape index (κ1) is 20.5. The fraction of sp³-hybridized carbons (Fsp3) is 0.0741. The van der Waals surface area contributed by atoms with Gasteiger partial charge in [0.1, 0.15) is 11.5 Å². The van der Waals surface area contributed by atoms with Crippen LogP contribution >= 0.6 is 0 Å². The van der Waals surface area contributed by atoms with Gasteiger partial charge in [0, 0.05) is 37.0 Å². The Morgan fingerprint density at radius 2 is 1.58 bits per heavy atom. The van der Waals surface area contributed by atoms with E-state index in [1.54, 1.807) is 25.2 Å². The van der Waals surface area contributed by atoms with Crippen molar-refractivity contribution in [3.63, 3.8) is 0 Å². The van der Waals surface area contributed by atoms with E-state index in [0.29, 0.717) is 5.56 Å². The maximum absolute atomic E-state index is 12.2. The second kappa shape index (κ2) is 8.59. The van der Waals surface area contributed by atoms with E-state index in [9.17, 15) is 4.79 Å². The van der Waals surface area contributed by atoms with Gasteiger partial charge >= 0.3 is 0 Å². The molecule has 5 aromatic rings. The Hall–Kier alpha value is -4.45. The van der Waals surface area contributed by atoms with E-state index < -0.39 is 0 Å². The zero-order valence-corrected chi connectivity index (χ0v) is 18.3. The summed E-state index contributed by atoms with van der Waals surface area (Å²) in [6, 6.07) is 25.1. The summed E-state index contributed by atoms with van der Waals surface area (Å²) in [5.41, 5.74) is 4.92. The van der Waals surface area contributed by atoms with Crippen LogP contribution < -0.4 is 4.74 Å². The zero-order valence-electron chi connectivity index (χ0n) is 18.3. The number of benzene rings is 3. The number of hydrogen-bond acceptors (Lipinski definition) is 4. The van der Waals surface area contributed by atoms with Gasteiger partial charge in [-0.2, -0.15) is 0 Å². The van der Waals surface area contributed by atoms with Crippen LogP contribution in [0.2, 0.25) is 0 Å². The highest BCUT2D eigenvalue weighted by Gasteiger charge is 2.13. The molecular weight excluding hydrogens is 412 g/mol. The molecule has 0 N–H and O–H groups in total. The van der Waals surface area contributed by atoms with Crippen LogP contribution in [0.25, 0.3) is 28.2 Å². The van der Waals surface area contributed by atoms with Crippen molar-refractivity contribution < 1.29 is 9.53 Å². The van der Waals surface area contributed by atoms with Crippen molar-refractivity contribution in [1.29, 1.82) is 0 Å². The van der Waals surface area contributed by atoms with Crippen molar-refractivity contribution in [2.45, 2.75) is 0 Å². The highest BCUT2D eigenvalue weighted by atomic mass is 16.5. The quantitative estimate of drug-likeness (QED) is 0.363. The standard InChI is InChI=1S/C27H22N4O2/c1-30(2)27(32)20-14-12-19(13-15-20)24-16-29-26-17-28-23(18-31(24)26)22-10-6-7-11-25(22)33-21-8-4-3-5-9-21/h3-18H,1-2H3. The third-order valence-corrected chi connectivity index (χ3v) is 5.36. The number of rotatable bonds is 5. The average molecular weight is 434 g/mol. The lowest BCUT2D eigenvalue weighted by Gasteiger charge is -2.12. The van der Waals surface area contributed by atoms with Crippen molar-refractivity contribution in [3.05, 3.63) is 103 Å². The number of aromatic nitrogens is 3. The molecule has 0 unspecified atom stereocenters. The Kier molecular flexibility index (Phi) is 5.32. The molecule has 6 nitrogen and oxygen atoms in total. The summed E-state index contributed by atoms with van der Waals surface area (Å²) in [5.74, 6) is 1.46. The van der Waals surface area contributed by atoms with Gasteiger partial charge in [0.25, 0.3) is 5.91 Å². The van der Waals surface area contributed by atoms with E-state index in [1.807, 2.05) is 95.7 Å². The molecule has 5 rings (SSSR count). The summed E-state index contributed by atoms with van der Waals surface area (Å²) in [5, 5.41) is 0. The summed E-state index contributed by atoms with van der Waals surface area (Å²) < 4.78 is 8.13. The van der Waals surface area contributed by atoms with Crippen LogP contribution in [0, 0.1) is 0 Å². The number of fused-ring (bicyclic) bond motifs is 1. The van der Waals surface area contributed by atoms with Gasteiger partial charge in [-0.3, -0.25) is 14.2 Å². The Morgan fingerprint density at radius 3 is 2.33 bits per heavy atom. The molecule has 2 aromatic heterocycles. The number of imidazole rings is 1. The van der Waals surface area contributed by atoms with E-state index in [-0.39, 0.29) is 5.91 Å². The molecule has 0 bridgehead atoms. The van der Waals surface area contributed by atoms with Crippen LogP contribution in [0.4, 0.5) is 0 Å². The van der Waals surface area contributed by atoms with Gasteiger partial charge in [0.15, 0.2) is 5.65 Å². The molecule has 1 amide bonds. The Balaban J connectivity index is 1.53. The van der Waals surface area contributed by atoms with Crippen LogP contribution in [0.15, 0.2) is 97.5 Å². The topological polar surface area (TPSA) is 59.7 Å². The smallest absolute Gasteiger partial charge is 0.253 e. The van der Waals surface area contributed by atoms with Crippen molar-refractivity contribution in [3.8, 4) is 34.0 Å². The van der Waals surface area contributed by atoms with Crippen molar-refractivity contribution in [2.75, 3.05) is 14.1 Å². The van der Waals surface area contributed by atoms with Gasteiger partial charge in [-0.25, -0.2) is 4.98 Å². The second-order valence-electron chi connectivity index (χ2n) is 7.83. The van der Waals surface area contributed by atoms with E-state index in [0.717, 1.165) is 39.7 Å². The Bertz CT molecular complexity index is 1420. The fourth-order valence-electron chi connectivity index (χ4n) is 3.67. The number of ether oxygens (including phenoxy) is 1. The summed E-state index contributed by atoms with van der Waals surface area (Å²) in [6.45, 7) is 0. The third kappa shape index (κ3) is 4.06. The molecule has 162 valence electrons. The maximum atomic E-state index is 12.2. The first-order valence-electron chi connectivity index (χ1n) is 10.6. The van der Waals surface area contributed by atoms with E-state index in [1.165, 1.54) is 0 Å². The molecule has 0 aliphatic heterocycles. The molecule has 0 spiro atoms. The van der Waals surface area contributed by atoms with Gasteiger partial charge in [-0.05, 0) is 36.4 Å². The minimum Gasteiger partial charge on any atom is -0.457 e. The SMILES string of the molecule is CN(C)C(=O)c1ccc(-c2cnc3cnc(-c4ccccc4Oc4ccccc4)cn23)cc1. The number of nitrogens with zero attached hydrogens (tertiary/aromatic N) is 4. The molecule has 0 radical (unpaired) electrons. The molecule has 0 aliphatic rings. The van der Waals surface area contributed by atoms with Crippen LogP contribution in [0.3, 0.4) is 0 Å². The van der Waals surface area contributed by atoms with E-state index >= 15 is 0 Å². The predicted molar refractivity (Wildman–Crippen MR) is 128 cm³/mol. The van der Waals surface area contributed by atoms with Gasteiger partial charge < -0.3 is 9.64 Å². The minimum atomic E-state index is -0.0267. The summed E-state index contributed by atoms with van der Waals surface area (Å²) >= 11 is 0. The van der Waals surface area contributed by atoms with Gasteiger partial charge in [0.05, 0.1) is 23.8 Å². The molecular formula is C27H22N4O2. The van der Waals surface area contributed by atoms with Gasteiger partial charge in [-0.15, -0.1) is 0 Å². The minimum absolute atomic E-state index is 0.0267. The van der Waals surface area contributed by atoms with Gasteiger partial charge in [-0.1, -0.05) is 42.5 Å². The zero-order chi connectivity index (χ0) is 22.8. The van der Waals surface area contributed by atoms with Crippen LogP contribution in [0.1, 0.15) is 10.4 Å². The Labute approximate surface area is 191 Å². The first-order valence-corrected chi connectivity index (χ1v) is 10.6. The second-order valence-corrected chi connectivity index (χ2v) is 7.83. The molecule has 0 saturated carbocycles. The monoisotopic (exact) mass is 434 g/mol. The number of para-hydroxylation sites is 2. The lowest BCUT2D eigenvalue weighted by Crippen LogP contribution is -2.21. The molecule has 6 heteroatoms. The third-order valence-electron chi connectivity index (χ3n) is 5.36. The van der Waals surface area contributed by atoms with Crippen LogP contribution in [-0.4, -0.2) is 39.3 Å². The number of carbonyl (C=O) groups is 1. The van der Waals surface area contributed by atoms with Crippen LogP contribution in [0.5, 0.6) is 11.5 Å².